The van der Waals surface area contributed by atoms with Crippen molar-refractivity contribution in [2.75, 3.05) is 6.54 Å². The van der Waals surface area contributed by atoms with E-state index < -0.39 is 6.10 Å². The van der Waals surface area contributed by atoms with Crippen molar-refractivity contribution in [1.29, 1.82) is 0 Å². The zero-order valence-electron chi connectivity index (χ0n) is 13.4. The van der Waals surface area contributed by atoms with Gasteiger partial charge in [0.05, 0.1) is 0 Å². The van der Waals surface area contributed by atoms with E-state index in [9.17, 15) is 9.18 Å². The molecule has 0 heterocycles. The first-order chi connectivity index (χ1) is 9.73. The molecule has 0 saturated carbocycles. The number of benzene rings is 1. The van der Waals surface area contributed by atoms with Gasteiger partial charge in [-0.25, -0.2) is 4.39 Å². The molecule has 0 aliphatic heterocycles. The Labute approximate surface area is 126 Å². The Balaban J connectivity index is 2.79. The van der Waals surface area contributed by atoms with Crippen molar-refractivity contribution in [3.63, 3.8) is 0 Å². The van der Waals surface area contributed by atoms with Crippen LogP contribution >= 0.6 is 0 Å². The molecule has 0 radical (unpaired) electrons. The van der Waals surface area contributed by atoms with Gasteiger partial charge in [-0.15, -0.1) is 0 Å². The Morgan fingerprint density at radius 2 is 2.05 bits per heavy atom. The first kappa shape index (κ1) is 17.4. The molecule has 0 fully saturated rings. The predicted molar refractivity (Wildman–Crippen MR) is 81.8 cm³/mol. The third-order valence-electron chi connectivity index (χ3n) is 2.76. The largest absolute Gasteiger partial charge is 0.481 e. The molecule has 0 saturated heterocycles. The van der Waals surface area contributed by atoms with Crippen molar-refractivity contribution in [3.8, 4) is 5.75 Å². The van der Waals surface area contributed by atoms with Gasteiger partial charge in [0, 0.05) is 17.6 Å². The minimum absolute atomic E-state index is 0.193. The molecule has 0 aromatic heterocycles. The third-order valence-corrected chi connectivity index (χ3v) is 2.76. The van der Waals surface area contributed by atoms with E-state index in [1.807, 2.05) is 27.7 Å². The van der Waals surface area contributed by atoms with Crippen LogP contribution in [-0.4, -0.2) is 24.1 Å². The number of amides is 1. The topological polar surface area (TPSA) is 50.4 Å². The highest BCUT2D eigenvalue weighted by Gasteiger charge is 2.21. The first-order valence-electron chi connectivity index (χ1n) is 7.20. The van der Waals surface area contributed by atoms with Gasteiger partial charge in [-0.2, -0.15) is 0 Å². The zero-order valence-corrected chi connectivity index (χ0v) is 13.4. The molecule has 0 aliphatic rings. The fraction of sp³-hybridized carbons (Fsp3) is 0.562. The lowest BCUT2D eigenvalue weighted by atomic mass is 10.1. The maximum absolute atomic E-state index is 13.3. The smallest absolute Gasteiger partial charge is 0.261 e. The minimum Gasteiger partial charge on any atom is -0.481 e. The van der Waals surface area contributed by atoms with E-state index in [0.717, 1.165) is 6.54 Å². The van der Waals surface area contributed by atoms with E-state index >= 15 is 0 Å². The molecular formula is C16H25FN2O2. The number of carbonyl (C=O) groups is 1. The maximum Gasteiger partial charge on any atom is 0.261 e. The summed E-state index contributed by atoms with van der Waals surface area (Å²) in [6, 6.07) is 4.31. The van der Waals surface area contributed by atoms with Crippen LogP contribution in [0.25, 0.3) is 0 Å². The van der Waals surface area contributed by atoms with E-state index in [-0.39, 0.29) is 17.3 Å². The van der Waals surface area contributed by atoms with Gasteiger partial charge in [-0.3, -0.25) is 4.79 Å². The van der Waals surface area contributed by atoms with Gasteiger partial charge >= 0.3 is 0 Å². The van der Waals surface area contributed by atoms with Crippen molar-refractivity contribution in [1.82, 2.24) is 10.6 Å². The van der Waals surface area contributed by atoms with Gasteiger partial charge < -0.3 is 15.4 Å². The molecule has 1 rings (SSSR count). The van der Waals surface area contributed by atoms with E-state index in [2.05, 4.69) is 10.6 Å². The fourth-order valence-corrected chi connectivity index (χ4v) is 1.78. The van der Waals surface area contributed by atoms with Crippen LogP contribution in [0.5, 0.6) is 5.75 Å². The van der Waals surface area contributed by atoms with Crippen molar-refractivity contribution >= 4 is 5.91 Å². The average Bonchev–Trinajstić information content (AvgIpc) is 2.36. The van der Waals surface area contributed by atoms with Gasteiger partial charge in [0.15, 0.2) is 6.10 Å². The molecule has 5 heteroatoms. The summed E-state index contributed by atoms with van der Waals surface area (Å²) < 4.78 is 19.0. The number of rotatable bonds is 6. The molecule has 1 atom stereocenters. The standard InChI is InChI=1S/C16H25FN2O2/c1-6-18-10-12-9-13(17)7-8-14(12)21-11(2)15(20)19-16(3,4)5/h7-9,11,18H,6,10H2,1-5H3,(H,19,20). The van der Waals surface area contributed by atoms with Gasteiger partial charge in [0.2, 0.25) is 0 Å². The van der Waals surface area contributed by atoms with Gasteiger partial charge in [-0.1, -0.05) is 6.92 Å². The van der Waals surface area contributed by atoms with Crippen molar-refractivity contribution in [3.05, 3.63) is 29.6 Å². The van der Waals surface area contributed by atoms with Crippen LogP contribution in [-0.2, 0) is 11.3 Å². The lowest BCUT2D eigenvalue weighted by Gasteiger charge is -2.24. The molecule has 0 aliphatic carbocycles. The van der Waals surface area contributed by atoms with Crippen LogP contribution in [0, 0.1) is 5.82 Å². The number of nitrogens with one attached hydrogen (secondary N) is 2. The minimum atomic E-state index is -0.643. The highest BCUT2D eigenvalue weighted by atomic mass is 19.1. The molecule has 2 N–H and O–H groups in total. The molecule has 1 aromatic rings. The second kappa shape index (κ2) is 7.41. The molecule has 1 aromatic carbocycles. The number of hydrogen-bond donors (Lipinski definition) is 2. The van der Waals surface area contributed by atoms with E-state index in [1.54, 1.807) is 13.0 Å². The Kier molecular flexibility index (Phi) is 6.15. The van der Waals surface area contributed by atoms with Crippen LogP contribution in [0.15, 0.2) is 18.2 Å². The molecular weight excluding hydrogens is 271 g/mol. The Morgan fingerprint density at radius 3 is 2.62 bits per heavy atom. The Bertz CT molecular complexity index is 484. The van der Waals surface area contributed by atoms with Crippen LogP contribution < -0.4 is 15.4 Å². The SMILES string of the molecule is CCNCc1cc(F)ccc1OC(C)C(=O)NC(C)(C)C. The molecule has 4 nitrogen and oxygen atoms in total. The number of ether oxygens (including phenoxy) is 1. The summed E-state index contributed by atoms with van der Waals surface area (Å²) in [6.07, 6.45) is -0.643. The highest BCUT2D eigenvalue weighted by Crippen LogP contribution is 2.21. The molecule has 118 valence electrons. The molecule has 21 heavy (non-hydrogen) atoms. The average molecular weight is 296 g/mol. The van der Waals surface area contributed by atoms with Crippen LogP contribution in [0.3, 0.4) is 0 Å². The summed E-state index contributed by atoms with van der Waals surface area (Å²) in [5, 5.41) is 5.99. The van der Waals surface area contributed by atoms with Crippen molar-refractivity contribution in [2.45, 2.75) is 52.8 Å². The summed E-state index contributed by atoms with van der Waals surface area (Å²) >= 11 is 0. The first-order valence-corrected chi connectivity index (χ1v) is 7.20. The summed E-state index contributed by atoms with van der Waals surface area (Å²) in [4.78, 5) is 12.0. The molecule has 0 spiro atoms. The van der Waals surface area contributed by atoms with Crippen molar-refractivity contribution in [2.24, 2.45) is 0 Å². The summed E-state index contributed by atoms with van der Waals surface area (Å²) in [5.74, 6) is 0.0113. The monoisotopic (exact) mass is 296 g/mol. The molecule has 0 bridgehead atoms. The maximum atomic E-state index is 13.3. The van der Waals surface area contributed by atoms with Gasteiger partial charge in [0.25, 0.3) is 5.91 Å². The Morgan fingerprint density at radius 1 is 1.38 bits per heavy atom. The second-order valence-corrected chi connectivity index (χ2v) is 6.03. The van der Waals surface area contributed by atoms with Gasteiger partial charge in [0.1, 0.15) is 11.6 Å². The van der Waals surface area contributed by atoms with E-state index in [1.165, 1.54) is 12.1 Å². The van der Waals surface area contributed by atoms with Crippen LogP contribution in [0.4, 0.5) is 4.39 Å². The molecule has 1 amide bonds. The van der Waals surface area contributed by atoms with Crippen LogP contribution in [0.2, 0.25) is 0 Å². The van der Waals surface area contributed by atoms with Gasteiger partial charge in [-0.05, 0) is 52.4 Å². The normalized spacial score (nSPS) is 12.9. The van der Waals surface area contributed by atoms with E-state index in [4.69, 9.17) is 4.74 Å². The molecule has 1 unspecified atom stereocenters. The quantitative estimate of drug-likeness (QED) is 0.848. The second-order valence-electron chi connectivity index (χ2n) is 6.03. The van der Waals surface area contributed by atoms with Crippen molar-refractivity contribution < 1.29 is 13.9 Å². The summed E-state index contributed by atoms with van der Waals surface area (Å²) in [7, 11) is 0. The third kappa shape index (κ3) is 6.12. The lowest BCUT2D eigenvalue weighted by molar-refractivity contribution is -0.128. The highest BCUT2D eigenvalue weighted by molar-refractivity contribution is 5.81. The predicted octanol–water partition coefficient (Wildman–Crippen LogP) is 2.62. The number of hydrogen-bond acceptors (Lipinski definition) is 3. The number of halogens is 1. The van der Waals surface area contributed by atoms with Crippen LogP contribution in [0.1, 0.15) is 40.2 Å². The lowest BCUT2D eigenvalue weighted by Crippen LogP contribution is -2.46. The summed E-state index contributed by atoms with van der Waals surface area (Å²) in [6.45, 7) is 10.7. The Hall–Kier alpha value is -1.62. The zero-order chi connectivity index (χ0) is 16.0. The fourth-order valence-electron chi connectivity index (χ4n) is 1.78. The van der Waals surface area contributed by atoms with E-state index in [0.29, 0.717) is 17.9 Å². The number of carbonyl (C=O) groups excluding carboxylic acids is 1. The summed E-state index contributed by atoms with van der Waals surface area (Å²) in [5.41, 5.74) is 0.386.